The van der Waals surface area contributed by atoms with E-state index in [1.54, 1.807) is 13.1 Å². The van der Waals surface area contributed by atoms with Crippen molar-refractivity contribution < 1.29 is 23.4 Å². The average Bonchev–Trinajstić information content (AvgIpc) is 2.83. The highest BCUT2D eigenvalue weighted by atomic mass is 19.3. The predicted molar refractivity (Wildman–Crippen MR) is 69.3 cm³/mol. The van der Waals surface area contributed by atoms with Crippen molar-refractivity contribution in [2.24, 2.45) is 7.05 Å². The number of ether oxygens (including phenoxy) is 2. The van der Waals surface area contributed by atoms with Crippen LogP contribution in [0, 0.1) is 0 Å². The molecular weight excluding hydrogens is 284 g/mol. The van der Waals surface area contributed by atoms with E-state index in [9.17, 15) is 13.9 Å². The molecule has 2 aromatic rings. The monoisotopic (exact) mass is 299 g/mol. The zero-order valence-electron chi connectivity index (χ0n) is 11.5. The molecule has 2 rings (SSSR count). The molecule has 1 unspecified atom stereocenters. The summed E-state index contributed by atoms with van der Waals surface area (Å²) in [6, 6.07) is 4.37. The average molecular weight is 299 g/mol. The number of aromatic nitrogens is 3. The Hall–Kier alpha value is -2.22. The number of aliphatic hydroxyl groups is 1. The summed E-state index contributed by atoms with van der Waals surface area (Å²) >= 11 is 0. The van der Waals surface area contributed by atoms with Crippen molar-refractivity contribution in [1.82, 2.24) is 14.8 Å². The van der Waals surface area contributed by atoms with E-state index in [-0.39, 0.29) is 17.9 Å². The summed E-state index contributed by atoms with van der Waals surface area (Å²) < 4.78 is 35.6. The first-order chi connectivity index (χ1) is 10.0. The first-order valence-electron chi connectivity index (χ1n) is 6.15. The van der Waals surface area contributed by atoms with E-state index in [0.29, 0.717) is 11.4 Å². The topological polar surface area (TPSA) is 69.4 Å². The van der Waals surface area contributed by atoms with E-state index in [2.05, 4.69) is 14.8 Å². The van der Waals surface area contributed by atoms with Gasteiger partial charge in [0.2, 0.25) is 0 Å². The van der Waals surface area contributed by atoms with Crippen LogP contribution in [-0.2, 0) is 13.5 Å². The molecular formula is C13H15F2N3O3. The number of benzene rings is 1. The van der Waals surface area contributed by atoms with E-state index in [1.165, 1.54) is 30.3 Å². The van der Waals surface area contributed by atoms with Gasteiger partial charge in [0.15, 0.2) is 11.5 Å². The van der Waals surface area contributed by atoms with Crippen LogP contribution in [0.15, 0.2) is 24.5 Å². The Morgan fingerprint density at radius 1 is 1.33 bits per heavy atom. The molecule has 0 bridgehead atoms. The minimum absolute atomic E-state index is 0.123. The number of halogens is 2. The molecule has 0 aliphatic heterocycles. The van der Waals surface area contributed by atoms with E-state index >= 15 is 0 Å². The van der Waals surface area contributed by atoms with Crippen LogP contribution >= 0.6 is 0 Å². The van der Waals surface area contributed by atoms with Crippen LogP contribution in [0.5, 0.6) is 11.5 Å². The quantitative estimate of drug-likeness (QED) is 0.879. The first-order valence-corrected chi connectivity index (χ1v) is 6.15. The standard InChI is InChI=1S/C13H15F2N3O3/c1-18-12(16-7-17-18)6-9(19)8-3-4-10(20-2)11(5-8)21-13(14)15/h3-5,7,9,13,19H,6H2,1-2H3. The minimum Gasteiger partial charge on any atom is -0.493 e. The van der Waals surface area contributed by atoms with Crippen LogP contribution in [0.1, 0.15) is 17.5 Å². The lowest BCUT2D eigenvalue weighted by atomic mass is 10.1. The fourth-order valence-corrected chi connectivity index (χ4v) is 1.88. The van der Waals surface area contributed by atoms with Crippen LogP contribution in [0.25, 0.3) is 0 Å². The second kappa shape index (κ2) is 6.49. The van der Waals surface area contributed by atoms with Gasteiger partial charge in [-0.2, -0.15) is 13.9 Å². The van der Waals surface area contributed by atoms with Gasteiger partial charge in [0.05, 0.1) is 13.2 Å². The van der Waals surface area contributed by atoms with Crippen molar-refractivity contribution in [2.75, 3.05) is 7.11 Å². The van der Waals surface area contributed by atoms with Crippen LogP contribution in [0.2, 0.25) is 0 Å². The highest BCUT2D eigenvalue weighted by Crippen LogP contribution is 2.32. The molecule has 1 aromatic heterocycles. The fourth-order valence-electron chi connectivity index (χ4n) is 1.88. The third kappa shape index (κ3) is 3.66. The lowest BCUT2D eigenvalue weighted by Crippen LogP contribution is -2.09. The van der Waals surface area contributed by atoms with Gasteiger partial charge in [0, 0.05) is 13.5 Å². The molecule has 0 amide bonds. The van der Waals surface area contributed by atoms with Crippen molar-refractivity contribution in [3.05, 3.63) is 35.9 Å². The predicted octanol–water partition coefficient (Wildman–Crippen LogP) is 1.70. The SMILES string of the molecule is COc1ccc(C(O)Cc2ncnn2C)cc1OC(F)F. The van der Waals surface area contributed by atoms with Crippen molar-refractivity contribution in [2.45, 2.75) is 19.1 Å². The van der Waals surface area contributed by atoms with Crippen molar-refractivity contribution in [1.29, 1.82) is 0 Å². The largest absolute Gasteiger partial charge is 0.493 e. The number of methoxy groups -OCH3 is 1. The van der Waals surface area contributed by atoms with Crippen molar-refractivity contribution >= 4 is 0 Å². The maximum absolute atomic E-state index is 12.4. The molecule has 1 aromatic carbocycles. The molecule has 0 radical (unpaired) electrons. The normalized spacial score (nSPS) is 12.5. The van der Waals surface area contributed by atoms with Gasteiger partial charge in [-0.1, -0.05) is 6.07 Å². The Morgan fingerprint density at radius 3 is 2.67 bits per heavy atom. The minimum atomic E-state index is -2.97. The van der Waals surface area contributed by atoms with Gasteiger partial charge >= 0.3 is 6.61 Å². The second-order valence-electron chi connectivity index (χ2n) is 4.31. The first kappa shape index (κ1) is 15.2. The fraction of sp³-hybridized carbons (Fsp3) is 0.385. The molecule has 1 N–H and O–H groups in total. The summed E-state index contributed by atoms with van der Waals surface area (Å²) in [5.74, 6) is 0.626. The molecule has 0 saturated heterocycles. The smallest absolute Gasteiger partial charge is 0.387 e. The van der Waals surface area contributed by atoms with Gasteiger partial charge in [-0.25, -0.2) is 4.98 Å². The number of aryl methyl sites for hydroxylation is 1. The number of hydrogen-bond acceptors (Lipinski definition) is 5. The van der Waals surface area contributed by atoms with E-state index in [4.69, 9.17) is 4.74 Å². The lowest BCUT2D eigenvalue weighted by Gasteiger charge is -2.14. The molecule has 6 nitrogen and oxygen atoms in total. The summed E-state index contributed by atoms with van der Waals surface area (Å²) in [6.45, 7) is -2.97. The third-order valence-electron chi connectivity index (χ3n) is 2.97. The highest BCUT2D eigenvalue weighted by Gasteiger charge is 2.17. The van der Waals surface area contributed by atoms with Gasteiger partial charge in [0.1, 0.15) is 12.2 Å². The number of hydrogen-bond donors (Lipinski definition) is 1. The Labute approximate surface area is 119 Å². The van der Waals surface area contributed by atoms with Crippen LogP contribution in [-0.4, -0.2) is 33.6 Å². The Morgan fingerprint density at radius 2 is 2.10 bits per heavy atom. The van der Waals surface area contributed by atoms with Crippen LogP contribution < -0.4 is 9.47 Å². The summed E-state index contributed by atoms with van der Waals surface area (Å²) in [5, 5.41) is 14.1. The second-order valence-corrected chi connectivity index (χ2v) is 4.31. The van der Waals surface area contributed by atoms with Gasteiger partial charge in [-0.3, -0.25) is 4.68 Å². The van der Waals surface area contributed by atoms with Gasteiger partial charge in [0.25, 0.3) is 0 Å². The van der Waals surface area contributed by atoms with E-state index in [0.717, 1.165) is 0 Å². The molecule has 1 heterocycles. The molecule has 21 heavy (non-hydrogen) atoms. The Kier molecular flexibility index (Phi) is 4.69. The molecule has 8 heteroatoms. The maximum atomic E-state index is 12.4. The zero-order chi connectivity index (χ0) is 15.4. The zero-order valence-corrected chi connectivity index (χ0v) is 11.5. The molecule has 0 aliphatic rings. The number of rotatable bonds is 6. The molecule has 0 aliphatic carbocycles. The molecule has 1 atom stereocenters. The van der Waals surface area contributed by atoms with Crippen molar-refractivity contribution in [3.63, 3.8) is 0 Å². The molecule has 0 spiro atoms. The van der Waals surface area contributed by atoms with Gasteiger partial charge in [-0.15, -0.1) is 0 Å². The van der Waals surface area contributed by atoms with Gasteiger partial charge < -0.3 is 14.6 Å². The number of aliphatic hydroxyl groups excluding tert-OH is 1. The Bertz CT molecular complexity index is 604. The molecule has 0 fully saturated rings. The number of nitrogens with zero attached hydrogens (tertiary/aromatic N) is 3. The summed E-state index contributed by atoms with van der Waals surface area (Å²) in [6.07, 6.45) is 0.664. The third-order valence-corrected chi connectivity index (χ3v) is 2.97. The van der Waals surface area contributed by atoms with Crippen LogP contribution in [0.3, 0.4) is 0 Å². The van der Waals surface area contributed by atoms with Crippen LogP contribution in [0.4, 0.5) is 8.78 Å². The molecule has 0 saturated carbocycles. The summed E-state index contributed by atoms with van der Waals surface area (Å²) in [7, 11) is 3.05. The van der Waals surface area contributed by atoms with E-state index < -0.39 is 12.7 Å². The number of alkyl halides is 2. The lowest BCUT2D eigenvalue weighted by molar-refractivity contribution is -0.0513. The maximum Gasteiger partial charge on any atom is 0.387 e. The Balaban J connectivity index is 2.20. The highest BCUT2D eigenvalue weighted by molar-refractivity contribution is 5.43. The van der Waals surface area contributed by atoms with E-state index in [1.807, 2.05) is 0 Å². The summed E-state index contributed by atoms with van der Waals surface area (Å²) in [5.41, 5.74) is 0.425. The summed E-state index contributed by atoms with van der Waals surface area (Å²) in [4.78, 5) is 4.00. The van der Waals surface area contributed by atoms with Crippen molar-refractivity contribution in [3.8, 4) is 11.5 Å². The molecule has 114 valence electrons. The van der Waals surface area contributed by atoms with Gasteiger partial charge in [-0.05, 0) is 17.7 Å².